The van der Waals surface area contributed by atoms with Gasteiger partial charge >= 0.3 is 6.18 Å². The van der Waals surface area contributed by atoms with Crippen molar-refractivity contribution in [2.24, 2.45) is 0 Å². The van der Waals surface area contributed by atoms with Crippen molar-refractivity contribution in [2.45, 2.75) is 20.0 Å². The summed E-state index contributed by atoms with van der Waals surface area (Å²) >= 11 is 0. The lowest BCUT2D eigenvalue weighted by molar-refractivity contribution is -0.137. The van der Waals surface area contributed by atoms with Crippen LogP contribution in [0.3, 0.4) is 0 Å². The van der Waals surface area contributed by atoms with Crippen LogP contribution in [-0.4, -0.2) is 9.13 Å². The molecule has 2 aromatic heterocycles. The van der Waals surface area contributed by atoms with Gasteiger partial charge in [-0.15, -0.1) is 0 Å². The van der Waals surface area contributed by atoms with Gasteiger partial charge in [-0.05, 0) is 72.5 Å². The fourth-order valence-corrected chi connectivity index (χ4v) is 7.02. The Morgan fingerprint density at radius 1 is 0.625 bits per heavy atom. The number of benzene rings is 6. The molecule has 7 heteroatoms. The van der Waals surface area contributed by atoms with E-state index in [0.29, 0.717) is 28.1 Å². The number of rotatable bonds is 3. The van der Waals surface area contributed by atoms with Crippen molar-refractivity contribution in [3.8, 4) is 28.6 Å². The van der Waals surface area contributed by atoms with Crippen LogP contribution in [0.2, 0.25) is 0 Å². The molecule has 2 heterocycles. The molecule has 0 radical (unpaired) electrons. The van der Waals surface area contributed by atoms with Gasteiger partial charge in [0.1, 0.15) is 11.6 Å². The minimum absolute atomic E-state index is 0.146. The van der Waals surface area contributed by atoms with Crippen molar-refractivity contribution >= 4 is 49.3 Å². The average molecular weight is 631 g/mol. The highest BCUT2D eigenvalue weighted by Crippen LogP contribution is 2.45. The van der Waals surface area contributed by atoms with E-state index in [1.165, 1.54) is 6.07 Å². The largest absolute Gasteiger partial charge is 0.415 e. The maximum atomic E-state index is 13.8. The molecule has 0 bridgehead atoms. The van der Waals surface area contributed by atoms with E-state index in [-0.39, 0.29) is 5.69 Å². The fraction of sp³-hybridized carbons (Fsp3) is 0.0732. The van der Waals surface area contributed by atoms with Gasteiger partial charge in [0.2, 0.25) is 0 Å². The van der Waals surface area contributed by atoms with Gasteiger partial charge in [0.05, 0.1) is 40.0 Å². The molecule has 48 heavy (non-hydrogen) atoms. The van der Waals surface area contributed by atoms with Crippen LogP contribution in [0.25, 0.3) is 71.0 Å². The number of alkyl halides is 3. The number of para-hydroxylation sites is 2. The van der Waals surface area contributed by atoms with Gasteiger partial charge in [-0.25, -0.2) is 4.85 Å². The number of fused-ring (bicyclic) bond motifs is 6. The third-order valence-corrected chi connectivity index (χ3v) is 9.13. The van der Waals surface area contributed by atoms with Crippen LogP contribution in [0.15, 0.2) is 115 Å². The Bertz CT molecular complexity index is 2710. The Kier molecular flexibility index (Phi) is 6.44. The van der Waals surface area contributed by atoms with Gasteiger partial charge in [-0.1, -0.05) is 78.9 Å². The minimum atomic E-state index is -4.61. The number of nitriles is 1. The Balaban J connectivity index is 1.57. The van der Waals surface area contributed by atoms with Crippen molar-refractivity contribution in [1.29, 1.82) is 5.26 Å². The molecule has 8 aromatic rings. The predicted molar refractivity (Wildman–Crippen MR) is 186 cm³/mol. The van der Waals surface area contributed by atoms with E-state index in [1.54, 1.807) is 0 Å². The van der Waals surface area contributed by atoms with Gasteiger partial charge in [0, 0.05) is 27.1 Å². The number of aryl methyl sites for hydroxylation is 2. The minimum Gasteiger partial charge on any atom is -0.308 e. The first-order valence-electron chi connectivity index (χ1n) is 15.4. The zero-order chi connectivity index (χ0) is 33.3. The van der Waals surface area contributed by atoms with Gasteiger partial charge in [-0.3, -0.25) is 0 Å². The zero-order valence-corrected chi connectivity index (χ0v) is 25.9. The second kappa shape index (κ2) is 10.6. The van der Waals surface area contributed by atoms with Crippen LogP contribution in [0.4, 0.5) is 18.9 Å². The van der Waals surface area contributed by atoms with Crippen molar-refractivity contribution in [2.75, 3.05) is 0 Å². The molecular formula is C41H25F3N4. The Morgan fingerprint density at radius 3 is 1.75 bits per heavy atom. The Hall–Kier alpha value is -6.31. The number of hydrogen-bond donors (Lipinski definition) is 0. The lowest BCUT2D eigenvalue weighted by atomic mass is 9.95. The SMILES string of the molecule is [C-]#[N+]c1cc(C(F)(F)F)ccc1-c1ccc(-n2c3ccccc3c3ccc(C)cc32)c(C#N)c1-n1c2ccccc2c2ccc(C)cc21. The van der Waals surface area contributed by atoms with E-state index in [1.807, 2.05) is 79.1 Å². The van der Waals surface area contributed by atoms with E-state index in [2.05, 4.69) is 51.9 Å². The Labute approximate surface area is 273 Å². The average Bonchev–Trinajstić information content (AvgIpc) is 3.58. The lowest BCUT2D eigenvalue weighted by Gasteiger charge is -2.21. The highest BCUT2D eigenvalue weighted by molar-refractivity contribution is 6.12. The van der Waals surface area contributed by atoms with Crippen LogP contribution < -0.4 is 0 Å². The number of aromatic nitrogens is 2. The van der Waals surface area contributed by atoms with Crippen molar-refractivity contribution < 1.29 is 13.2 Å². The van der Waals surface area contributed by atoms with Crippen molar-refractivity contribution in [1.82, 2.24) is 9.13 Å². The first-order chi connectivity index (χ1) is 23.2. The number of hydrogen-bond acceptors (Lipinski definition) is 1. The summed E-state index contributed by atoms with van der Waals surface area (Å²) in [5.74, 6) is 0. The predicted octanol–water partition coefficient (Wildman–Crippen LogP) is 11.6. The topological polar surface area (TPSA) is 38.0 Å². The second-order valence-corrected chi connectivity index (χ2v) is 12.1. The molecule has 8 rings (SSSR count). The summed E-state index contributed by atoms with van der Waals surface area (Å²) in [7, 11) is 0. The van der Waals surface area contributed by atoms with E-state index in [9.17, 15) is 18.4 Å². The van der Waals surface area contributed by atoms with Crippen LogP contribution in [-0.2, 0) is 6.18 Å². The highest BCUT2D eigenvalue weighted by atomic mass is 19.4. The third-order valence-electron chi connectivity index (χ3n) is 9.13. The van der Waals surface area contributed by atoms with E-state index in [4.69, 9.17) is 6.57 Å². The molecule has 230 valence electrons. The molecule has 0 aliphatic carbocycles. The van der Waals surface area contributed by atoms with E-state index >= 15 is 0 Å². The third kappa shape index (κ3) is 4.29. The van der Waals surface area contributed by atoms with Gasteiger partial charge < -0.3 is 9.13 Å². The summed E-state index contributed by atoms with van der Waals surface area (Å²) in [5, 5.41) is 15.2. The molecule has 0 saturated carbocycles. The molecule has 4 nitrogen and oxygen atoms in total. The molecule has 0 unspecified atom stereocenters. The van der Waals surface area contributed by atoms with Crippen LogP contribution in [0, 0.1) is 31.8 Å². The number of nitrogens with zero attached hydrogens (tertiary/aromatic N) is 4. The zero-order valence-electron chi connectivity index (χ0n) is 25.9. The lowest BCUT2D eigenvalue weighted by Crippen LogP contribution is -2.07. The van der Waals surface area contributed by atoms with Crippen LogP contribution in [0.5, 0.6) is 0 Å². The van der Waals surface area contributed by atoms with Crippen LogP contribution >= 0.6 is 0 Å². The summed E-state index contributed by atoms with van der Waals surface area (Å²) in [5.41, 5.74) is 6.81. The summed E-state index contributed by atoms with van der Waals surface area (Å²) in [6, 6.07) is 37.7. The first kappa shape index (κ1) is 29.1. The molecule has 0 N–H and O–H groups in total. The maximum Gasteiger partial charge on any atom is 0.415 e. The van der Waals surface area contributed by atoms with Crippen molar-refractivity contribution in [3.05, 3.63) is 149 Å². The second-order valence-electron chi connectivity index (χ2n) is 12.1. The summed E-state index contributed by atoms with van der Waals surface area (Å²) in [6.45, 7) is 11.9. The number of halogens is 3. The molecule has 0 atom stereocenters. The molecule has 6 aromatic carbocycles. The molecule has 0 amide bonds. The van der Waals surface area contributed by atoms with Gasteiger partial charge in [-0.2, -0.15) is 18.4 Å². The van der Waals surface area contributed by atoms with E-state index in [0.717, 1.165) is 66.9 Å². The van der Waals surface area contributed by atoms with Gasteiger partial charge in [0.25, 0.3) is 0 Å². The monoisotopic (exact) mass is 630 g/mol. The molecular weight excluding hydrogens is 605 g/mol. The molecule has 0 aliphatic rings. The standard InChI is InChI=1S/C41H25F3N4/c1-24-12-15-30-28-8-4-6-10-35(28)47(38(30)20-24)37-19-18-32(27-17-14-26(41(42,43)44)22-34(27)46-3)40(33(37)23-45)48-36-11-7-5-9-29(36)31-16-13-25(2)21-39(31)48/h4-22H,1-2H3. The van der Waals surface area contributed by atoms with Gasteiger partial charge in [0.15, 0.2) is 5.69 Å². The summed E-state index contributed by atoms with van der Waals surface area (Å²) < 4.78 is 45.5. The normalized spacial score (nSPS) is 11.8. The maximum absolute atomic E-state index is 13.8. The van der Waals surface area contributed by atoms with E-state index < -0.39 is 11.7 Å². The molecule has 0 saturated heterocycles. The van der Waals surface area contributed by atoms with Crippen LogP contribution in [0.1, 0.15) is 22.3 Å². The smallest absolute Gasteiger partial charge is 0.308 e. The first-order valence-corrected chi connectivity index (χ1v) is 15.4. The Morgan fingerprint density at radius 2 is 1.17 bits per heavy atom. The molecule has 0 fully saturated rings. The summed E-state index contributed by atoms with van der Waals surface area (Å²) in [4.78, 5) is 3.55. The molecule has 0 spiro atoms. The molecule has 0 aliphatic heterocycles. The highest BCUT2D eigenvalue weighted by Gasteiger charge is 2.32. The summed E-state index contributed by atoms with van der Waals surface area (Å²) in [6.07, 6.45) is -4.61. The quantitative estimate of drug-likeness (QED) is 0.179. The fourth-order valence-electron chi connectivity index (χ4n) is 7.02. The van der Waals surface area contributed by atoms with Crippen molar-refractivity contribution in [3.63, 3.8) is 0 Å².